The van der Waals surface area contributed by atoms with Crippen LogP contribution in [0.2, 0.25) is 0 Å². The second-order valence-corrected chi connectivity index (χ2v) is 9.09. The number of rotatable bonds is 6. The van der Waals surface area contributed by atoms with Crippen molar-refractivity contribution >= 4 is 17.7 Å². The summed E-state index contributed by atoms with van der Waals surface area (Å²) in [5, 5.41) is 7.07. The highest BCUT2D eigenvalue weighted by atomic mass is 32.2. The predicted molar refractivity (Wildman–Crippen MR) is 112 cm³/mol. The van der Waals surface area contributed by atoms with Gasteiger partial charge in [-0.1, -0.05) is 29.8 Å². The second kappa shape index (κ2) is 9.48. The maximum Gasteiger partial charge on any atom is 0.191 e. The van der Waals surface area contributed by atoms with Gasteiger partial charge < -0.3 is 10.6 Å². The summed E-state index contributed by atoms with van der Waals surface area (Å²) in [6.07, 6.45) is 4.48. The Balaban J connectivity index is 1.75. The highest BCUT2D eigenvalue weighted by Crippen LogP contribution is 2.19. The van der Waals surface area contributed by atoms with Gasteiger partial charge in [-0.05, 0) is 45.4 Å². The number of aryl methyl sites for hydroxylation is 1. The van der Waals surface area contributed by atoms with Gasteiger partial charge in [0.15, 0.2) is 5.96 Å². The average molecular weight is 363 g/mol. The largest absolute Gasteiger partial charge is 0.355 e. The summed E-state index contributed by atoms with van der Waals surface area (Å²) < 4.78 is 0.217. The van der Waals surface area contributed by atoms with Crippen molar-refractivity contribution in [2.75, 3.05) is 32.9 Å². The zero-order chi connectivity index (χ0) is 18.3. The van der Waals surface area contributed by atoms with Crippen molar-refractivity contribution in [1.29, 1.82) is 0 Å². The van der Waals surface area contributed by atoms with E-state index in [1.165, 1.54) is 24.0 Å². The van der Waals surface area contributed by atoms with E-state index in [2.05, 4.69) is 71.8 Å². The van der Waals surface area contributed by atoms with Gasteiger partial charge in [-0.25, -0.2) is 0 Å². The summed E-state index contributed by atoms with van der Waals surface area (Å²) in [5.74, 6) is 0.930. The molecule has 0 spiro atoms. The van der Waals surface area contributed by atoms with Gasteiger partial charge in [-0.15, -0.1) is 0 Å². The van der Waals surface area contributed by atoms with E-state index >= 15 is 0 Å². The van der Waals surface area contributed by atoms with Crippen LogP contribution in [0.25, 0.3) is 0 Å². The van der Waals surface area contributed by atoms with Crippen LogP contribution in [0.1, 0.15) is 37.8 Å². The van der Waals surface area contributed by atoms with Gasteiger partial charge in [0.1, 0.15) is 0 Å². The first-order chi connectivity index (χ1) is 11.9. The predicted octanol–water partition coefficient (Wildman–Crippen LogP) is 3.27. The Morgan fingerprint density at radius 2 is 2.04 bits per heavy atom. The highest BCUT2D eigenvalue weighted by Gasteiger charge is 2.21. The molecule has 2 rings (SSSR count). The summed E-state index contributed by atoms with van der Waals surface area (Å²) in [5.41, 5.74) is 2.76. The van der Waals surface area contributed by atoms with Crippen LogP contribution >= 0.6 is 11.8 Å². The summed E-state index contributed by atoms with van der Waals surface area (Å²) in [6.45, 7) is 10.9. The lowest BCUT2D eigenvalue weighted by Gasteiger charge is -2.33. The molecule has 25 heavy (non-hydrogen) atoms. The molecular formula is C20H34N4S. The summed E-state index contributed by atoms with van der Waals surface area (Å²) >= 11 is 1.88. The van der Waals surface area contributed by atoms with E-state index in [0.29, 0.717) is 6.04 Å². The van der Waals surface area contributed by atoms with Crippen molar-refractivity contribution in [3.8, 4) is 0 Å². The van der Waals surface area contributed by atoms with Crippen molar-refractivity contribution in [1.82, 2.24) is 15.5 Å². The molecule has 0 aromatic heterocycles. The number of benzene rings is 1. The molecule has 2 N–H and O–H groups in total. The van der Waals surface area contributed by atoms with Crippen molar-refractivity contribution in [2.24, 2.45) is 4.99 Å². The fourth-order valence-electron chi connectivity index (χ4n) is 3.06. The maximum atomic E-state index is 4.39. The Morgan fingerprint density at radius 1 is 1.32 bits per heavy atom. The molecule has 1 heterocycles. The van der Waals surface area contributed by atoms with E-state index in [-0.39, 0.29) is 4.75 Å². The molecule has 4 nitrogen and oxygen atoms in total. The van der Waals surface area contributed by atoms with Gasteiger partial charge in [0.05, 0.1) is 0 Å². The standard InChI is InChI=1S/C20H34N4S/c1-16-7-6-8-17(13-16)14-24-11-9-18(10-12-24)23-19(21-4)22-15-20(2,3)25-5/h6-8,13,18H,9-12,14-15H2,1-5H3,(H2,21,22,23). The lowest BCUT2D eigenvalue weighted by atomic mass is 10.0. The molecule has 1 aliphatic heterocycles. The van der Waals surface area contributed by atoms with Gasteiger partial charge in [-0.3, -0.25) is 9.89 Å². The monoisotopic (exact) mass is 362 g/mol. The Hall–Kier alpha value is -1.20. The van der Waals surface area contributed by atoms with Crippen LogP contribution in [0.5, 0.6) is 0 Å². The quantitative estimate of drug-likeness (QED) is 0.602. The first-order valence-electron chi connectivity index (χ1n) is 9.22. The van der Waals surface area contributed by atoms with Crippen molar-refractivity contribution < 1.29 is 0 Å². The molecule has 0 saturated carbocycles. The third kappa shape index (κ3) is 6.90. The van der Waals surface area contributed by atoms with Crippen molar-refractivity contribution in [3.63, 3.8) is 0 Å². The van der Waals surface area contributed by atoms with Crippen molar-refractivity contribution in [3.05, 3.63) is 35.4 Å². The number of thioether (sulfide) groups is 1. The molecule has 0 unspecified atom stereocenters. The molecule has 0 bridgehead atoms. The Kier molecular flexibility index (Phi) is 7.63. The number of likely N-dealkylation sites (tertiary alicyclic amines) is 1. The van der Waals surface area contributed by atoms with Crippen LogP contribution in [0, 0.1) is 6.92 Å². The third-order valence-electron chi connectivity index (χ3n) is 4.87. The van der Waals surface area contributed by atoms with Crippen LogP contribution in [0.15, 0.2) is 29.3 Å². The maximum absolute atomic E-state index is 4.39. The van der Waals surface area contributed by atoms with Gasteiger partial charge >= 0.3 is 0 Å². The number of hydrogen-bond donors (Lipinski definition) is 2. The minimum atomic E-state index is 0.217. The first kappa shape index (κ1) is 20.1. The molecule has 1 aromatic rings. The summed E-state index contributed by atoms with van der Waals surface area (Å²) in [4.78, 5) is 6.94. The van der Waals surface area contributed by atoms with Gasteiger partial charge in [0.25, 0.3) is 0 Å². The minimum absolute atomic E-state index is 0.217. The van der Waals surface area contributed by atoms with Gasteiger partial charge in [0, 0.05) is 44.0 Å². The first-order valence-corrected chi connectivity index (χ1v) is 10.4. The number of nitrogens with zero attached hydrogens (tertiary/aromatic N) is 2. The van der Waals surface area contributed by atoms with E-state index in [9.17, 15) is 0 Å². The number of guanidine groups is 1. The van der Waals surface area contributed by atoms with E-state index in [1.54, 1.807) is 0 Å². The average Bonchev–Trinajstić information content (AvgIpc) is 2.60. The molecule has 0 amide bonds. The Labute approximate surface area is 157 Å². The van der Waals surface area contributed by atoms with Gasteiger partial charge in [-0.2, -0.15) is 11.8 Å². The molecule has 140 valence electrons. The lowest BCUT2D eigenvalue weighted by Crippen LogP contribution is -2.50. The Morgan fingerprint density at radius 3 is 2.64 bits per heavy atom. The van der Waals surface area contributed by atoms with E-state index in [1.807, 2.05) is 18.8 Å². The molecule has 1 saturated heterocycles. The fourth-order valence-corrected chi connectivity index (χ4v) is 3.28. The summed E-state index contributed by atoms with van der Waals surface area (Å²) in [6, 6.07) is 9.36. The van der Waals surface area contributed by atoms with Crippen molar-refractivity contribution in [2.45, 2.75) is 50.9 Å². The number of nitrogens with one attached hydrogen (secondary N) is 2. The molecule has 5 heteroatoms. The van der Waals surface area contributed by atoms with Crippen LogP contribution in [0.3, 0.4) is 0 Å². The fraction of sp³-hybridized carbons (Fsp3) is 0.650. The van der Waals surface area contributed by atoms with Gasteiger partial charge in [0.2, 0.25) is 0 Å². The van der Waals surface area contributed by atoms with E-state index < -0.39 is 0 Å². The number of hydrogen-bond acceptors (Lipinski definition) is 3. The van der Waals surface area contributed by atoms with Crippen LogP contribution in [-0.4, -0.2) is 54.6 Å². The third-order valence-corrected chi connectivity index (χ3v) is 6.12. The molecule has 0 atom stereocenters. The second-order valence-electron chi connectivity index (χ2n) is 7.57. The van der Waals surface area contributed by atoms with E-state index in [4.69, 9.17) is 0 Å². The smallest absolute Gasteiger partial charge is 0.191 e. The van der Waals surface area contributed by atoms with Crippen LogP contribution in [-0.2, 0) is 6.54 Å². The van der Waals surface area contributed by atoms with Crippen LogP contribution in [0.4, 0.5) is 0 Å². The molecule has 1 aliphatic rings. The van der Waals surface area contributed by atoms with E-state index in [0.717, 1.165) is 32.1 Å². The summed E-state index contributed by atoms with van der Waals surface area (Å²) in [7, 11) is 1.86. The highest BCUT2D eigenvalue weighted by molar-refractivity contribution is 7.99. The number of aliphatic imine (C=N–C) groups is 1. The Bertz CT molecular complexity index is 563. The zero-order valence-corrected chi connectivity index (χ0v) is 17.2. The lowest BCUT2D eigenvalue weighted by molar-refractivity contribution is 0.198. The molecular weight excluding hydrogens is 328 g/mol. The van der Waals surface area contributed by atoms with Crippen LogP contribution < -0.4 is 10.6 Å². The molecule has 0 aliphatic carbocycles. The number of piperidine rings is 1. The normalized spacial score (nSPS) is 17.6. The zero-order valence-electron chi connectivity index (χ0n) is 16.4. The molecule has 1 fully saturated rings. The molecule has 0 radical (unpaired) electrons. The SMILES string of the molecule is CN=C(NCC(C)(C)SC)NC1CCN(Cc2cccc(C)c2)CC1. The molecule has 1 aromatic carbocycles. The topological polar surface area (TPSA) is 39.7 Å². The minimum Gasteiger partial charge on any atom is -0.355 e.